The van der Waals surface area contributed by atoms with Gasteiger partial charge in [0.05, 0.1) is 13.2 Å². The Morgan fingerprint density at radius 1 is 1.35 bits per heavy atom. The van der Waals surface area contributed by atoms with Crippen LogP contribution in [0.3, 0.4) is 0 Å². The van der Waals surface area contributed by atoms with Crippen molar-refractivity contribution in [2.75, 3.05) is 13.2 Å². The molecule has 6 nitrogen and oxygen atoms in total. The minimum absolute atomic E-state index is 0.198. The highest BCUT2D eigenvalue weighted by molar-refractivity contribution is 4.88. The molecule has 0 aromatic carbocycles. The summed E-state index contributed by atoms with van der Waals surface area (Å²) in [7, 11) is 1.78. The van der Waals surface area contributed by atoms with Gasteiger partial charge in [0.2, 0.25) is 0 Å². The molecule has 0 spiro atoms. The molecule has 6 heteroatoms. The summed E-state index contributed by atoms with van der Waals surface area (Å²) in [5.41, 5.74) is 0. The van der Waals surface area contributed by atoms with Gasteiger partial charge < -0.3 is 10.1 Å². The van der Waals surface area contributed by atoms with E-state index in [2.05, 4.69) is 34.6 Å². The van der Waals surface area contributed by atoms with Gasteiger partial charge in [0.25, 0.3) is 0 Å². The lowest BCUT2D eigenvalue weighted by Crippen LogP contribution is -2.43. The third-order valence-corrected chi connectivity index (χ3v) is 2.65. The standard InChI is InChI=1S/C11H23N5O/c1-5-10(17-7-3)9(12-6-2)8-11-13-15-16(4)14-11/h9-10,12H,5-8H2,1-4H3. The zero-order valence-electron chi connectivity index (χ0n) is 11.2. The van der Waals surface area contributed by atoms with Gasteiger partial charge in [-0.25, -0.2) is 0 Å². The fourth-order valence-corrected chi connectivity index (χ4v) is 1.93. The van der Waals surface area contributed by atoms with E-state index >= 15 is 0 Å². The van der Waals surface area contributed by atoms with Crippen molar-refractivity contribution in [2.45, 2.75) is 45.8 Å². The molecule has 0 aliphatic rings. The average molecular weight is 241 g/mol. The minimum atomic E-state index is 0.198. The van der Waals surface area contributed by atoms with E-state index in [1.54, 1.807) is 7.05 Å². The van der Waals surface area contributed by atoms with Gasteiger partial charge in [-0.05, 0) is 25.1 Å². The second-order valence-corrected chi connectivity index (χ2v) is 3.97. The molecule has 0 saturated carbocycles. The number of nitrogens with one attached hydrogen (secondary N) is 1. The van der Waals surface area contributed by atoms with Gasteiger partial charge in [-0.1, -0.05) is 13.8 Å². The van der Waals surface area contributed by atoms with Gasteiger partial charge in [0, 0.05) is 19.1 Å². The number of hydrogen-bond donors (Lipinski definition) is 1. The Morgan fingerprint density at radius 3 is 2.59 bits per heavy atom. The van der Waals surface area contributed by atoms with Crippen LogP contribution in [0.15, 0.2) is 0 Å². The van der Waals surface area contributed by atoms with Crippen molar-refractivity contribution < 1.29 is 4.74 Å². The maximum atomic E-state index is 5.74. The Kier molecular flexibility index (Phi) is 6.07. The maximum absolute atomic E-state index is 5.74. The molecule has 2 unspecified atom stereocenters. The molecule has 0 radical (unpaired) electrons. The van der Waals surface area contributed by atoms with Crippen LogP contribution in [0.2, 0.25) is 0 Å². The Bertz CT molecular complexity index is 315. The van der Waals surface area contributed by atoms with Crippen LogP contribution in [0.25, 0.3) is 0 Å². The van der Waals surface area contributed by atoms with Crippen molar-refractivity contribution in [2.24, 2.45) is 7.05 Å². The van der Waals surface area contributed by atoms with Gasteiger partial charge in [0.15, 0.2) is 5.82 Å². The minimum Gasteiger partial charge on any atom is -0.377 e. The largest absolute Gasteiger partial charge is 0.377 e. The normalized spacial score (nSPS) is 14.8. The van der Waals surface area contributed by atoms with Crippen LogP contribution in [0.4, 0.5) is 0 Å². The van der Waals surface area contributed by atoms with Crippen molar-refractivity contribution in [1.29, 1.82) is 0 Å². The number of hydrogen-bond acceptors (Lipinski definition) is 5. The van der Waals surface area contributed by atoms with Crippen LogP contribution in [0, 0.1) is 0 Å². The topological polar surface area (TPSA) is 64.9 Å². The average Bonchev–Trinajstić information content (AvgIpc) is 2.71. The number of aromatic nitrogens is 4. The summed E-state index contributed by atoms with van der Waals surface area (Å²) in [4.78, 5) is 1.49. The van der Waals surface area contributed by atoms with Crippen LogP contribution in [0.5, 0.6) is 0 Å². The summed E-state index contributed by atoms with van der Waals surface area (Å²) >= 11 is 0. The summed E-state index contributed by atoms with van der Waals surface area (Å²) in [6.07, 6.45) is 1.93. The van der Waals surface area contributed by atoms with Crippen LogP contribution in [-0.2, 0) is 18.2 Å². The molecular weight excluding hydrogens is 218 g/mol. The van der Waals surface area contributed by atoms with Gasteiger partial charge in [-0.2, -0.15) is 4.80 Å². The quantitative estimate of drug-likeness (QED) is 0.720. The number of tetrazole rings is 1. The Labute approximate surface area is 103 Å². The number of rotatable bonds is 8. The molecule has 0 bridgehead atoms. The predicted molar refractivity (Wildman–Crippen MR) is 65.7 cm³/mol. The third kappa shape index (κ3) is 4.40. The van der Waals surface area contributed by atoms with E-state index in [0.717, 1.165) is 31.8 Å². The van der Waals surface area contributed by atoms with Crippen LogP contribution in [-0.4, -0.2) is 45.5 Å². The van der Waals surface area contributed by atoms with E-state index in [-0.39, 0.29) is 12.1 Å². The Balaban J connectivity index is 2.63. The molecule has 0 fully saturated rings. The lowest BCUT2D eigenvalue weighted by molar-refractivity contribution is 0.0318. The number of ether oxygens (including phenoxy) is 1. The first-order valence-electron chi connectivity index (χ1n) is 6.29. The zero-order chi connectivity index (χ0) is 12.7. The number of likely N-dealkylation sites (N-methyl/N-ethyl adjacent to an activating group) is 1. The summed E-state index contributed by atoms with van der Waals surface area (Å²) in [6, 6.07) is 0.245. The summed E-state index contributed by atoms with van der Waals surface area (Å²) in [5, 5.41) is 15.5. The molecule has 0 saturated heterocycles. The second-order valence-electron chi connectivity index (χ2n) is 3.97. The first-order chi connectivity index (χ1) is 8.21. The monoisotopic (exact) mass is 241 g/mol. The van der Waals surface area contributed by atoms with E-state index in [0.29, 0.717) is 0 Å². The summed E-state index contributed by atoms with van der Waals surface area (Å²) < 4.78 is 5.74. The highest BCUT2D eigenvalue weighted by Gasteiger charge is 2.21. The summed E-state index contributed by atoms with van der Waals surface area (Å²) in [6.45, 7) is 7.89. The Hall–Kier alpha value is -1.01. The molecule has 1 rings (SSSR count). The lowest BCUT2D eigenvalue weighted by atomic mass is 10.0. The van der Waals surface area contributed by atoms with Crippen molar-refractivity contribution in [3.63, 3.8) is 0 Å². The van der Waals surface area contributed by atoms with Gasteiger partial charge >= 0.3 is 0 Å². The molecule has 0 aliphatic carbocycles. The van der Waals surface area contributed by atoms with E-state index in [4.69, 9.17) is 4.74 Å². The van der Waals surface area contributed by atoms with Crippen molar-refractivity contribution in [3.8, 4) is 0 Å². The highest BCUT2D eigenvalue weighted by Crippen LogP contribution is 2.08. The SMILES string of the molecule is CCNC(Cc1nnn(C)n1)C(CC)OCC. The first-order valence-corrected chi connectivity index (χ1v) is 6.29. The van der Waals surface area contributed by atoms with Gasteiger partial charge in [0.1, 0.15) is 0 Å². The van der Waals surface area contributed by atoms with Gasteiger partial charge in [-0.15, -0.1) is 10.2 Å². The Morgan fingerprint density at radius 2 is 2.12 bits per heavy atom. The molecule has 1 heterocycles. The fraction of sp³-hybridized carbons (Fsp3) is 0.909. The first kappa shape index (κ1) is 14.1. The van der Waals surface area contributed by atoms with E-state index in [1.807, 2.05) is 6.92 Å². The molecule has 17 heavy (non-hydrogen) atoms. The van der Waals surface area contributed by atoms with Crippen LogP contribution in [0.1, 0.15) is 33.0 Å². The molecule has 2 atom stereocenters. The van der Waals surface area contributed by atoms with Gasteiger partial charge in [-0.3, -0.25) is 0 Å². The lowest BCUT2D eigenvalue weighted by Gasteiger charge is -2.25. The maximum Gasteiger partial charge on any atom is 0.176 e. The van der Waals surface area contributed by atoms with Crippen LogP contribution < -0.4 is 5.32 Å². The molecule has 1 aromatic heterocycles. The summed E-state index contributed by atoms with van der Waals surface area (Å²) in [5.74, 6) is 0.761. The number of aryl methyl sites for hydroxylation is 1. The second kappa shape index (κ2) is 7.34. The highest BCUT2D eigenvalue weighted by atomic mass is 16.5. The van der Waals surface area contributed by atoms with E-state index in [9.17, 15) is 0 Å². The van der Waals surface area contributed by atoms with Crippen LogP contribution >= 0.6 is 0 Å². The molecular formula is C11H23N5O. The smallest absolute Gasteiger partial charge is 0.176 e. The molecule has 1 N–H and O–H groups in total. The molecule has 98 valence electrons. The van der Waals surface area contributed by atoms with Crippen molar-refractivity contribution in [3.05, 3.63) is 5.82 Å². The molecule has 0 amide bonds. The van der Waals surface area contributed by atoms with Crippen molar-refractivity contribution in [1.82, 2.24) is 25.5 Å². The third-order valence-electron chi connectivity index (χ3n) is 2.65. The fourth-order valence-electron chi connectivity index (χ4n) is 1.93. The van der Waals surface area contributed by atoms with Crippen molar-refractivity contribution >= 4 is 0 Å². The molecule has 0 aliphatic heterocycles. The number of nitrogens with zero attached hydrogens (tertiary/aromatic N) is 4. The predicted octanol–water partition coefficient (Wildman–Crippen LogP) is 0.546. The van der Waals surface area contributed by atoms with E-state index in [1.165, 1.54) is 4.80 Å². The zero-order valence-corrected chi connectivity index (χ0v) is 11.2. The van der Waals surface area contributed by atoms with E-state index < -0.39 is 0 Å². The molecule has 1 aromatic rings.